The van der Waals surface area contributed by atoms with Gasteiger partial charge in [0.2, 0.25) is 5.91 Å². The van der Waals surface area contributed by atoms with Gasteiger partial charge in [-0.1, -0.05) is 52.3 Å². The quantitative estimate of drug-likeness (QED) is 0.556. The number of nitrogens with zero attached hydrogens (tertiary/aromatic N) is 4. The largest absolute Gasteiger partial charge is 0.354 e. The molecule has 1 N–H and O–H groups in total. The maximum absolute atomic E-state index is 13.8. The maximum Gasteiger partial charge on any atom is 0.245 e. The molecule has 0 saturated carbocycles. The average Bonchev–Trinajstić information content (AvgIpc) is 3.20. The second kappa shape index (κ2) is 9.36. The molecule has 140 valence electrons. The number of carbonyl (C=O) groups excluding carboxylic acids is 1. The van der Waals surface area contributed by atoms with E-state index in [2.05, 4.69) is 36.8 Å². The predicted molar refractivity (Wildman–Crippen MR) is 102 cm³/mol. The number of hydrogen-bond acceptors (Lipinski definition) is 4. The molecule has 0 aliphatic heterocycles. The van der Waals surface area contributed by atoms with Gasteiger partial charge in [0.25, 0.3) is 0 Å². The van der Waals surface area contributed by atoms with Gasteiger partial charge in [0.1, 0.15) is 18.2 Å². The van der Waals surface area contributed by atoms with Crippen molar-refractivity contribution in [3.05, 3.63) is 76.3 Å². The van der Waals surface area contributed by atoms with Crippen LogP contribution < -0.4 is 5.32 Å². The van der Waals surface area contributed by atoms with E-state index in [-0.39, 0.29) is 11.7 Å². The van der Waals surface area contributed by atoms with Gasteiger partial charge in [-0.2, -0.15) is 0 Å². The van der Waals surface area contributed by atoms with Crippen LogP contribution in [0.3, 0.4) is 0 Å². The SMILES string of the molecule is O=C(NCCCc1ccc(Br)cc1F)C(Cc1ccccc1)n1cnnn1. The van der Waals surface area contributed by atoms with Gasteiger partial charge in [-0.15, -0.1) is 5.10 Å². The Hall–Kier alpha value is -2.61. The molecule has 1 aromatic heterocycles. The number of halogens is 2. The molecular weight excluding hydrogens is 413 g/mol. The molecule has 0 aliphatic rings. The standard InChI is InChI=1S/C19H19BrFN5O/c20-16-9-8-15(17(21)12-16)7-4-10-22-19(27)18(26-13-23-24-25-26)11-14-5-2-1-3-6-14/h1-3,5-6,8-9,12-13,18H,4,7,10-11H2,(H,22,27). The summed E-state index contributed by atoms with van der Waals surface area (Å²) < 4.78 is 16.0. The predicted octanol–water partition coefficient (Wildman–Crippen LogP) is 3.11. The van der Waals surface area contributed by atoms with Gasteiger partial charge in [-0.25, -0.2) is 9.07 Å². The molecule has 0 fully saturated rings. The second-order valence-corrected chi connectivity index (χ2v) is 7.04. The first-order valence-electron chi connectivity index (χ1n) is 8.61. The molecule has 8 heteroatoms. The van der Waals surface area contributed by atoms with E-state index in [9.17, 15) is 9.18 Å². The molecule has 27 heavy (non-hydrogen) atoms. The third kappa shape index (κ3) is 5.43. The number of nitrogens with one attached hydrogen (secondary N) is 1. The zero-order valence-electron chi connectivity index (χ0n) is 14.6. The van der Waals surface area contributed by atoms with Crippen LogP contribution in [-0.2, 0) is 17.6 Å². The van der Waals surface area contributed by atoms with Crippen LogP contribution in [0.2, 0.25) is 0 Å². The number of hydrogen-bond donors (Lipinski definition) is 1. The molecule has 2 aromatic carbocycles. The molecule has 0 spiro atoms. The minimum absolute atomic E-state index is 0.164. The maximum atomic E-state index is 13.8. The highest BCUT2D eigenvalue weighted by Crippen LogP contribution is 2.17. The lowest BCUT2D eigenvalue weighted by Gasteiger charge is -2.16. The van der Waals surface area contributed by atoms with Crippen molar-refractivity contribution in [1.29, 1.82) is 0 Å². The molecule has 1 unspecified atom stereocenters. The Morgan fingerprint density at radius 3 is 2.74 bits per heavy atom. The normalized spacial score (nSPS) is 11.9. The molecule has 6 nitrogen and oxygen atoms in total. The molecule has 1 amide bonds. The first-order valence-corrected chi connectivity index (χ1v) is 9.41. The number of rotatable bonds is 8. The number of carbonyl (C=O) groups is 1. The molecule has 3 aromatic rings. The Morgan fingerprint density at radius 2 is 2.04 bits per heavy atom. The Balaban J connectivity index is 1.56. The molecule has 0 radical (unpaired) electrons. The molecule has 3 rings (SSSR count). The molecular formula is C19H19BrFN5O. The first-order chi connectivity index (χ1) is 13.1. The fourth-order valence-corrected chi connectivity index (χ4v) is 3.12. The van der Waals surface area contributed by atoms with Crippen LogP contribution in [0, 0.1) is 5.82 Å². The van der Waals surface area contributed by atoms with Crippen molar-refractivity contribution >= 4 is 21.8 Å². The van der Waals surface area contributed by atoms with Gasteiger partial charge in [0.15, 0.2) is 0 Å². The topological polar surface area (TPSA) is 72.7 Å². The highest BCUT2D eigenvalue weighted by atomic mass is 79.9. The lowest BCUT2D eigenvalue weighted by Crippen LogP contribution is -2.35. The van der Waals surface area contributed by atoms with Gasteiger partial charge in [-0.3, -0.25) is 4.79 Å². The Kier molecular flexibility index (Phi) is 6.64. The van der Waals surface area contributed by atoms with Crippen LogP contribution in [0.5, 0.6) is 0 Å². The summed E-state index contributed by atoms with van der Waals surface area (Å²) in [5.74, 6) is -0.409. The summed E-state index contributed by atoms with van der Waals surface area (Å²) in [7, 11) is 0. The minimum Gasteiger partial charge on any atom is -0.354 e. The van der Waals surface area contributed by atoms with E-state index in [1.54, 1.807) is 6.07 Å². The minimum atomic E-state index is -0.535. The summed E-state index contributed by atoms with van der Waals surface area (Å²) >= 11 is 3.24. The van der Waals surface area contributed by atoms with Gasteiger partial charge >= 0.3 is 0 Å². The number of amides is 1. The highest BCUT2D eigenvalue weighted by molar-refractivity contribution is 9.10. The summed E-state index contributed by atoms with van der Waals surface area (Å²) in [5, 5.41) is 14.0. The van der Waals surface area contributed by atoms with Crippen molar-refractivity contribution in [2.75, 3.05) is 6.54 Å². The van der Waals surface area contributed by atoms with Gasteiger partial charge in [0, 0.05) is 17.4 Å². The molecule has 1 heterocycles. The van der Waals surface area contributed by atoms with Crippen LogP contribution in [-0.4, -0.2) is 32.7 Å². The van der Waals surface area contributed by atoms with E-state index in [1.807, 2.05) is 36.4 Å². The third-order valence-corrected chi connectivity index (χ3v) is 4.69. The lowest BCUT2D eigenvalue weighted by molar-refractivity contribution is -0.124. The molecule has 0 saturated heterocycles. The van der Waals surface area contributed by atoms with Crippen LogP contribution in [0.1, 0.15) is 23.6 Å². The van der Waals surface area contributed by atoms with Crippen molar-refractivity contribution in [1.82, 2.24) is 25.5 Å². The van der Waals surface area contributed by atoms with Crippen molar-refractivity contribution in [3.8, 4) is 0 Å². The molecule has 0 aliphatic carbocycles. The summed E-state index contributed by atoms with van der Waals surface area (Å²) in [6.45, 7) is 0.446. The van der Waals surface area contributed by atoms with E-state index < -0.39 is 6.04 Å². The van der Waals surface area contributed by atoms with Gasteiger partial charge < -0.3 is 5.32 Å². The third-order valence-electron chi connectivity index (χ3n) is 4.20. The monoisotopic (exact) mass is 431 g/mol. The van der Waals surface area contributed by atoms with Crippen molar-refractivity contribution < 1.29 is 9.18 Å². The van der Waals surface area contributed by atoms with Crippen molar-refractivity contribution in [2.45, 2.75) is 25.3 Å². The van der Waals surface area contributed by atoms with Crippen molar-refractivity contribution in [3.63, 3.8) is 0 Å². The Bertz CT molecular complexity index is 873. The summed E-state index contributed by atoms with van der Waals surface area (Å²) in [4.78, 5) is 12.7. The Labute approximate surface area is 164 Å². The average molecular weight is 432 g/mol. The van der Waals surface area contributed by atoms with Crippen LogP contribution in [0.25, 0.3) is 0 Å². The van der Waals surface area contributed by atoms with Gasteiger partial charge in [-0.05, 0) is 46.5 Å². The summed E-state index contributed by atoms with van der Waals surface area (Å²) in [5.41, 5.74) is 1.65. The van der Waals surface area contributed by atoms with E-state index >= 15 is 0 Å². The second-order valence-electron chi connectivity index (χ2n) is 6.13. The number of aromatic nitrogens is 4. The number of tetrazole rings is 1. The van der Waals surface area contributed by atoms with E-state index in [4.69, 9.17) is 0 Å². The zero-order valence-corrected chi connectivity index (χ0v) is 16.1. The fraction of sp³-hybridized carbons (Fsp3) is 0.263. The van der Waals surface area contributed by atoms with E-state index in [0.29, 0.717) is 35.8 Å². The highest BCUT2D eigenvalue weighted by Gasteiger charge is 2.21. The molecule has 0 bridgehead atoms. The number of benzene rings is 2. The fourth-order valence-electron chi connectivity index (χ4n) is 2.79. The van der Waals surface area contributed by atoms with E-state index in [0.717, 1.165) is 5.56 Å². The Morgan fingerprint density at radius 1 is 1.22 bits per heavy atom. The van der Waals surface area contributed by atoms with Gasteiger partial charge in [0.05, 0.1) is 0 Å². The molecule has 1 atom stereocenters. The van der Waals surface area contributed by atoms with Crippen LogP contribution in [0.4, 0.5) is 4.39 Å². The van der Waals surface area contributed by atoms with E-state index in [1.165, 1.54) is 17.1 Å². The van der Waals surface area contributed by atoms with Crippen LogP contribution in [0.15, 0.2) is 59.3 Å². The van der Waals surface area contributed by atoms with Crippen LogP contribution >= 0.6 is 15.9 Å². The first kappa shape index (κ1) is 19.2. The smallest absolute Gasteiger partial charge is 0.245 e. The zero-order chi connectivity index (χ0) is 19.1. The summed E-state index contributed by atoms with van der Waals surface area (Å²) in [6.07, 6.45) is 3.11. The van der Waals surface area contributed by atoms with Crippen molar-refractivity contribution in [2.24, 2.45) is 0 Å². The summed E-state index contributed by atoms with van der Waals surface area (Å²) in [6, 6.07) is 14.2. The number of aryl methyl sites for hydroxylation is 1. The lowest BCUT2D eigenvalue weighted by atomic mass is 10.1.